The number of terminal acetylenes is 1. The molecule has 3 unspecified atom stereocenters. The molecule has 0 aliphatic carbocycles. The molecular formula is C31H35N3O4. The summed E-state index contributed by atoms with van der Waals surface area (Å²) in [7, 11) is 0. The van der Waals surface area contributed by atoms with Crippen LogP contribution in [0.3, 0.4) is 0 Å². The van der Waals surface area contributed by atoms with Gasteiger partial charge in [0.25, 0.3) is 11.8 Å². The number of carbonyl (C=O) groups is 3. The van der Waals surface area contributed by atoms with Gasteiger partial charge in [0, 0.05) is 11.7 Å². The molecule has 3 aromatic carbocycles. The highest BCUT2D eigenvalue weighted by Gasteiger charge is 2.37. The number of fused-ring (bicyclic) bond motifs is 1. The second-order valence-corrected chi connectivity index (χ2v) is 10.2. The molecule has 7 nitrogen and oxygen atoms in total. The van der Waals surface area contributed by atoms with Crippen LogP contribution in [0.1, 0.15) is 52.6 Å². The van der Waals surface area contributed by atoms with Crippen LogP contribution in [0.2, 0.25) is 0 Å². The first-order valence-electron chi connectivity index (χ1n) is 12.7. The lowest BCUT2D eigenvalue weighted by atomic mass is 9.96. The zero-order valence-corrected chi connectivity index (χ0v) is 22.5. The maximum absolute atomic E-state index is 13.9. The number of carbonyl (C=O) groups excluding carboxylic acids is 3. The summed E-state index contributed by atoms with van der Waals surface area (Å²) >= 11 is 0. The third kappa shape index (κ3) is 7.13. The van der Waals surface area contributed by atoms with Crippen LogP contribution in [0.15, 0.2) is 72.8 Å². The van der Waals surface area contributed by atoms with Gasteiger partial charge in [-0.05, 0) is 55.2 Å². The quantitative estimate of drug-likeness (QED) is 0.291. The van der Waals surface area contributed by atoms with E-state index in [1.54, 1.807) is 51.1 Å². The topological polar surface area (TPSA) is 87.7 Å². The van der Waals surface area contributed by atoms with Crippen molar-refractivity contribution in [1.82, 2.24) is 10.2 Å². The SMILES string of the molecule is C#CN(C(=O)C(NC(=O)OC(C)(C)C)C(C)CC)C(C(=O)Nc1ccc2ccccc2c1)c1ccccc1. The number of benzene rings is 3. The van der Waals surface area contributed by atoms with Crippen LogP contribution in [0.4, 0.5) is 10.5 Å². The second kappa shape index (κ2) is 12.3. The van der Waals surface area contributed by atoms with Crippen molar-refractivity contribution in [3.05, 3.63) is 78.4 Å². The summed E-state index contributed by atoms with van der Waals surface area (Å²) in [6.07, 6.45) is 5.72. The number of nitrogens with zero attached hydrogens (tertiary/aromatic N) is 1. The molecule has 3 atom stereocenters. The van der Waals surface area contributed by atoms with Gasteiger partial charge in [0.1, 0.15) is 17.7 Å². The number of hydrogen-bond acceptors (Lipinski definition) is 4. The number of amides is 3. The van der Waals surface area contributed by atoms with Crippen LogP contribution >= 0.6 is 0 Å². The third-order valence-electron chi connectivity index (χ3n) is 6.17. The number of hydrogen-bond donors (Lipinski definition) is 2. The highest BCUT2D eigenvalue weighted by atomic mass is 16.6. The summed E-state index contributed by atoms with van der Waals surface area (Å²) in [5.41, 5.74) is 0.368. The normalized spacial score (nSPS) is 13.5. The maximum atomic E-state index is 13.9. The zero-order valence-electron chi connectivity index (χ0n) is 22.5. The fourth-order valence-electron chi connectivity index (χ4n) is 4.06. The van der Waals surface area contributed by atoms with E-state index < -0.39 is 35.6 Å². The monoisotopic (exact) mass is 513 g/mol. The van der Waals surface area contributed by atoms with Crippen molar-refractivity contribution in [2.24, 2.45) is 5.92 Å². The summed E-state index contributed by atoms with van der Waals surface area (Å²) in [6, 6.07) is 22.5. The van der Waals surface area contributed by atoms with Gasteiger partial charge in [-0.3, -0.25) is 14.5 Å². The molecule has 0 saturated heterocycles. The predicted octanol–water partition coefficient (Wildman–Crippen LogP) is 5.88. The molecule has 0 aliphatic rings. The molecule has 0 aliphatic heterocycles. The van der Waals surface area contributed by atoms with E-state index in [1.807, 2.05) is 56.3 Å². The Hall–Kier alpha value is -4.31. The minimum absolute atomic E-state index is 0.272. The Morgan fingerprint density at radius 2 is 1.61 bits per heavy atom. The van der Waals surface area contributed by atoms with E-state index in [9.17, 15) is 14.4 Å². The van der Waals surface area contributed by atoms with Gasteiger partial charge in [0.2, 0.25) is 0 Å². The second-order valence-electron chi connectivity index (χ2n) is 10.2. The molecule has 0 saturated carbocycles. The van der Waals surface area contributed by atoms with Gasteiger partial charge in [-0.15, -0.1) is 0 Å². The largest absolute Gasteiger partial charge is 0.444 e. The minimum atomic E-state index is -1.13. The molecular weight excluding hydrogens is 478 g/mol. The van der Waals surface area contributed by atoms with Gasteiger partial charge in [-0.2, -0.15) is 0 Å². The van der Waals surface area contributed by atoms with Gasteiger partial charge in [-0.1, -0.05) is 87.4 Å². The van der Waals surface area contributed by atoms with Crippen LogP contribution in [0.25, 0.3) is 10.8 Å². The smallest absolute Gasteiger partial charge is 0.408 e. The predicted molar refractivity (Wildman–Crippen MR) is 150 cm³/mol. The highest BCUT2D eigenvalue weighted by molar-refractivity contribution is 6.01. The van der Waals surface area contributed by atoms with Gasteiger partial charge in [-0.25, -0.2) is 4.79 Å². The molecule has 3 amide bonds. The third-order valence-corrected chi connectivity index (χ3v) is 6.17. The van der Waals surface area contributed by atoms with E-state index in [0.717, 1.165) is 15.7 Å². The average molecular weight is 514 g/mol. The summed E-state index contributed by atoms with van der Waals surface area (Å²) in [5, 5.41) is 7.59. The Morgan fingerprint density at radius 1 is 0.974 bits per heavy atom. The standard InChI is InChI=1S/C31H35N3O4/c1-7-21(3)26(33-30(37)38-31(4,5)6)29(36)34(8-2)27(23-15-10-9-11-16-23)28(35)32-25-19-18-22-14-12-13-17-24(22)20-25/h2,9-21,26-27H,7H2,1,3-6H3,(H,32,35)(H,33,37). The molecule has 3 rings (SSSR count). The molecule has 38 heavy (non-hydrogen) atoms. The highest BCUT2D eigenvalue weighted by Crippen LogP contribution is 2.26. The van der Waals surface area contributed by atoms with Crippen molar-refractivity contribution in [2.45, 2.75) is 58.7 Å². The van der Waals surface area contributed by atoms with Crippen LogP contribution < -0.4 is 10.6 Å². The number of nitrogens with one attached hydrogen (secondary N) is 2. The molecule has 0 heterocycles. The van der Waals surface area contributed by atoms with Gasteiger partial charge < -0.3 is 15.4 Å². The molecule has 0 fully saturated rings. The Labute approximate surface area is 224 Å². The van der Waals surface area contributed by atoms with Crippen molar-refractivity contribution in [3.8, 4) is 12.5 Å². The van der Waals surface area contributed by atoms with Crippen LogP contribution in [0.5, 0.6) is 0 Å². The summed E-state index contributed by atoms with van der Waals surface area (Å²) in [4.78, 5) is 41.2. The van der Waals surface area contributed by atoms with Crippen molar-refractivity contribution >= 4 is 34.4 Å². The summed E-state index contributed by atoms with van der Waals surface area (Å²) in [5.74, 6) is -1.32. The first kappa shape index (κ1) is 28.3. The average Bonchev–Trinajstić information content (AvgIpc) is 2.88. The van der Waals surface area contributed by atoms with Gasteiger partial charge >= 0.3 is 6.09 Å². The lowest BCUT2D eigenvalue weighted by molar-refractivity contribution is -0.137. The van der Waals surface area contributed by atoms with Gasteiger partial charge in [0.15, 0.2) is 0 Å². The van der Waals surface area contributed by atoms with E-state index in [1.165, 1.54) is 0 Å². The molecule has 7 heteroatoms. The maximum Gasteiger partial charge on any atom is 0.408 e. The number of rotatable bonds is 8. The molecule has 0 spiro atoms. The molecule has 0 bridgehead atoms. The number of anilines is 1. The van der Waals surface area contributed by atoms with Crippen LogP contribution in [-0.4, -0.2) is 34.5 Å². The van der Waals surface area contributed by atoms with Crippen molar-refractivity contribution < 1.29 is 19.1 Å². The van der Waals surface area contributed by atoms with E-state index in [4.69, 9.17) is 11.2 Å². The van der Waals surface area contributed by atoms with E-state index in [2.05, 4.69) is 16.7 Å². The Balaban J connectivity index is 1.95. The lowest BCUT2D eigenvalue weighted by Crippen LogP contribution is -2.53. The fraction of sp³-hybridized carbons (Fsp3) is 0.323. The minimum Gasteiger partial charge on any atom is -0.444 e. The molecule has 198 valence electrons. The van der Waals surface area contributed by atoms with Gasteiger partial charge in [0.05, 0.1) is 0 Å². The Morgan fingerprint density at radius 3 is 2.21 bits per heavy atom. The van der Waals surface area contributed by atoms with Crippen molar-refractivity contribution in [3.63, 3.8) is 0 Å². The lowest BCUT2D eigenvalue weighted by Gasteiger charge is -2.32. The molecule has 0 aromatic heterocycles. The van der Waals surface area contributed by atoms with Crippen LogP contribution in [-0.2, 0) is 14.3 Å². The summed E-state index contributed by atoms with van der Waals surface area (Å²) in [6.45, 7) is 8.96. The van der Waals surface area contributed by atoms with Crippen molar-refractivity contribution in [1.29, 1.82) is 0 Å². The first-order valence-corrected chi connectivity index (χ1v) is 12.7. The Bertz CT molecular complexity index is 1320. The van der Waals surface area contributed by atoms with E-state index in [0.29, 0.717) is 17.7 Å². The number of alkyl carbamates (subject to hydrolysis) is 1. The van der Waals surface area contributed by atoms with E-state index in [-0.39, 0.29) is 5.92 Å². The molecule has 0 radical (unpaired) electrons. The molecule has 3 aromatic rings. The first-order chi connectivity index (χ1) is 18.0. The fourth-order valence-corrected chi connectivity index (χ4v) is 4.06. The van der Waals surface area contributed by atoms with Crippen molar-refractivity contribution in [2.75, 3.05) is 5.32 Å². The molecule has 2 N–H and O–H groups in total. The summed E-state index contributed by atoms with van der Waals surface area (Å²) < 4.78 is 5.38. The zero-order chi connectivity index (χ0) is 27.9. The van der Waals surface area contributed by atoms with E-state index >= 15 is 0 Å². The number of ether oxygens (including phenoxy) is 1. The Kier molecular flexibility index (Phi) is 9.14. The van der Waals surface area contributed by atoms with Crippen LogP contribution in [0, 0.1) is 18.4 Å².